The van der Waals surface area contributed by atoms with Gasteiger partial charge in [0.1, 0.15) is 0 Å². The van der Waals surface area contributed by atoms with Crippen molar-refractivity contribution >= 4 is 28.2 Å². The Morgan fingerprint density at radius 3 is 2.54 bits per heavy atom. The van der Waals surface area contributed by atoms with Crippen molar-refractivity contribution in [2.45, 2.75) is 51.2 Å². The molecule has 3 aromatic carbocycles. The number of nitrogens with one attached hydrogen (secondary N) is 1. The summed E-state index contributed by atoms with van der Waals surface area (Å²) in [7, 11) is 1.44. The van der Waals surface area contributed by atoms with Crippen LogP contribution >= 0.6 is 0 Å². The van der Waals surface area contributed by atoms with E-state index >= 15 is 0 Å². The van der Waals surface area contributed by atoms with Gasteiger partial charge in [-0.05, 0) is 61.3 Å². The second kappa shape index (κ2) is 13.6. The van der Waals surface area contributed by atoms with Crippen molar-refractivity contribution in [1.29, 1.82) is 0 Å². The van der Waals surface area contributed by atoms with Crippen molar-refractivity contribution in [3.8, 4) is 0 Å². The molecule has 1 aromatic heterocycles. The third-order valence-electron chi connectivity index (χ3n) is 8.17. The number of carbonyl (C=O) groups excluding carboxylic acids is 1. The van der Waals surface area contributed by atoms with Gasteiger partial charge >= 0.3 is 5.97 Å². The number of aryl methyl sites for hydroxylation is 1. The van der Waals surface area contributed by atoms with Crippen LogP contribution in [0, 0.1) is 12.8 Å². The molecule has 2 heterocycles. The van der Waals surface area contributed by atoms with E-state index in [4.69, 9.17) is 8.92 Å². The minimum atomic E-state index is -2.64. The summed E-state index contributed by atoms with van der Waals surface area (Å²) in [6.07, 6.45) is 1.98. The molecular formula is C33H37N2O5S-. The van der Waals surface area contributed by atoms with Crippen LogP contribution in [0.3, 0.4) is 0 Å². The van der Waals surface area contributed by atoms with E-state index in [1.165, 1.54) is 12.7 Å². The summed E-state index contributed by atoms with van der Waals surface area (Å²) in [6, 6.07) is 26.4. The Labute approximate surface area is 244 Å². The maximum absolute atomic E-state index is 13.3. The maximum Gasteiger partial charge on any atom is 0.314 e. The van der Waals surface area contributed by atoms with Gasteiger partial charge in [0.2, 0.25) is 0 Å². The number of carbonyl (C=O) groups is 1. The summed E-state index contributed by atoms with van der Waals surface area (Å²) < 4.78 is 33.9. The van der Waals surface area contributed by atoms with E-state index in [-0.39, 0.29) is 11.9 Å². The lowest BCUT2D eigenvalue weighted by Crippen LogP contribution is -2.32. The van der Waals surface area contributed by atoms with Crippen LogP contribution in [-0.2, 0) is 38.0 Å². The van der Waals surface area contributed by atoms with Gasteiger partial charge in [-0.3, -0.25) is 13.9 Å². The van der Waals surface area contributed by atoms with E-state index in [1.54, 1.807) is 0 Å². The lowest BCUT2D eigenvalue weighted by molar-refractivity contribution is -0.143. The third-order valence-corrected chi connectivity index (χ3v) is 8.56. The topological polar surface area (TPSA) is 94.7 Å². The molecule has 0 saturated carbocycles. The second-order valence-electron chi connectivity index (χ2n) is 11.0. The average Bonchev–Trinajstić information content (AvgIpc) is 3.36. The monoisotopic (exact) mass is 573 g/mol. The summed E-state index contributed by atoms with van der Waals surface area (Å²) in [5.41, 5.74) is 6.26. The van der Waals surface area contributed by atoms with Crippen LogP contribution in [0.1, 0.15) is 59.2 Å². The zero-order valence-corrected chi connectivity index (χ0v) is 24.4. The van der Waals surface area contributed by atoms with Crippen LogP contribution < -0.4 is 0 Å². The molecule has 4 unspecified atom stereocenters. The normalized spacial score (nSPS) is 19.5. The van der Waals surface area contributed by atoms with Crippen molar-refractivity contribution < 1.29 is 22.5 Å². The fraction of sp³-hybridized carbons (Fsp3) is 0.364. The number of nitrogens with zero attached hydrogens (tertiary/aromatic N) is 1. The first-order valence-corrected chi connectivity index (χ1v) is 15.2. The number of esters is 1. The van der Waals surface area contributed by atoms with Crippen molar-refractivity contribution in [2.75, 3.05) is 20.2 Å². The van der Waals surface area contributed by atoms with Crippen molar-refractivity contribution in [3.05, 3.63) is 107 Å². The van der Waals surface area contributed by atoms with Gasteiger partial charge in [0.25, 0.3) is 0 Å². The Hall–Kier alpha value is -3.30. The first kappa shape index (κ1) is 29.2. The van der Waals surface area contributed by atoms with Crippen LogP contribution in [0.25, 0.3) is 10.9 Å². The highest BCUT2D eigenvalue weighted by Gasteiger charge is 2.33. The van der Waals surface area contributed by atoms with E-state index in [0.29, 0.717) is 19.3 Å². The van der Waals surface area contributed by atoms with Gasteiger partial charge in [-0.1, -0.05) is 78.4 Å². The minimum absolute atomic E-state index is 0.0943. The highest BCUT2D eigenvalue weighted by molar-refractivity contribution is 7.74. The second-order valence-corrected chi connectivity index (χ2v) is 11.6. The van der Waals surface area contributed by atoms with Gasteiger partial charge in [0, 0.05) is 36.2 Å². The number of methoxy groups -OCH3 is 1. The van der Waals surface area contributed by atoms with Crippen molar-refractivity contribution in [3.63, 3.8) is 0 Å². The molecule has 8 heteroatoms. The SMILES string of the molecule is COC(=O)C1CC(CCC(OS(=O)[O-])c2ccc(C)cc2)CN(Cc2ccccc2)CCc2c1[nH]c1ccccc21. The summed E-state index contributed by atoms with van der Waals surface area (Å²) in [5.74, 6) is -0.611. The molecule has 216 valence electrons. The number of H-pyrrole nitrogens is 1. The van der Waals surface area contributed by atoms with Gasteiger partial charge in [0.05, 0.1) is 30.5 Å². The molecule has 0 radical (unpaired) electrons. The molecule has 1 N–H and O–H groups in total. The largest absolute Gasteiger partial charge is 0.750 e. The average molecular weight is 574 g/mol. The number of aromatic nitrogens is 1. The quantitative estimate of drug-likeness (QED) is 0.191. The first-order valence-electron chi connectivity index (χ1n) is 14.2. The molecule has 5 rings (SSSR count). The number of aromatic amines is 1. The molecular weight excluding hydrogens is 536 g/mol. The zero-order valence-electron chi connectivity index (χ0n) is 23.6. The summed E-state index contributed by atoms with van der Waals surface area (Å²) in [4.78, 5) is 19.3. The van der Waals surface area contributed by atoms with Crippen molar-refractivity contribution in [2.24, 2.45) is 5.92 Å². The van der Waals surface area contributed by atoms with E-state index in [2.05, 4.69) is 40.2 Å². The minimum Gasteiger partial charge on any atom is -0.750 e. The molecule has 0 saturated heterocycles. The maximum atomic E-state index is 13.3. The number of rotatable bonds is 9. The Morgan fingerprint density at radius 1 is 1.07 bits per heavy atom. The predicted octanol–water partition coefficient (Wildman–Crippen LogP) is 6.13. The Morgan fingerprint density at radius 2 is 1.80 bits per heavy atom. The fourth-order valence-electron chi connectivity index (χ4n) is 6.12. The number of fused-ring (bicyclic) bond motifs is 3. The Bertz CT molecular complexity index is 1470. The summed E-state index contributed by atoms with van der Waals surface area (Å²) in [6.45, 7) is 4.39. The van der Waals surface area contributed by atoms with Crippen LogP contribution in [0.4, 0.5) is 0 Å². The summed E-state index contributed by atoms with van der Waals surface area (Å²) >= 11 is -2.64. The van der Waals surface area contributed by atoms with Gasteiger partial charge in [-0.25, -0.2) is 4.21 Å². The van der Waals surface area contributed by atoms with Crippen LogP contribution in [0.5, 0.6) is 0 Å². The van der Waals surface area contributed by atoms with Crippen LogP contribution in [0.2, 0.25) is 0 Å². The molecule has 0 bridgehead atoms. The van der Waals surface area contributed by atoms with Crippen molar-refractivity contribution in [1.82, 2.24) is 9.88 Å². The Kier molecular flexibility index (Phi) is 9.67. The van der Waals surface area contributed by atoms with E-state index in [9.17, 15) is 13.6 Å². The molecule has 1 aliphatic rings. The molecule has 0 amide bonds. The highest BCUT2D eigenvalue weighted by Crippen LogP contribution is 2.37. The number of hydrogen-bond acceptors (Lipinski definition) is 6. The first-order chi connectivity index (χ1) is 19.9. The van der Waals surface area contributed by atoms with Crippen LogP contribution in [0.15, 0.2) is 78.9 Å². The lowest BCUT2D eigenvalue weighted by atomic mass is 9.86. The van der Waals surface area contributed by atoms with E-state index in [0.717, 1.165) is 59.3 Å². The standard InChI is InChI=1S/C33H38N2O5S/c1-23-12-15-26(16-13-23)31(40-41(37)38)17-14-25-20-29(33(36)39-2)32-28(27-10-6-7-11-30(27)34-32)18-19-35(22-25)21-24-8-4-3-5-9-24/h3-13,15-16,25,29,31,34H,14,17-22H2,1-2H3,(H,37,38)/p-1. The van der Waals surface area contributed by atoms with Crippen LogP contribution in [-0.4, -0.2) is 44.8 Å². The summed E-state index contributed by atoms with van der Waals surface area (Å²) in [5, 5.41) is 1.14. The van der Waals surface area contributed by atoms with E-state index in [1.807, 2.05) is 55.5 Å². The number of para-hydroxylation sites is 1. The lowest BCUT2D eigenvalue weighted by Gasteiger charge is -2.29. The zero-order chi connectivity index (χ0) is 28.8. The van der Waals surface area contributed by atoms with Gasteiger partial charge < -0.3 is 14.3 Å². The number of benzene rings is 3. The molecule has 0 aliphatic carbocycles. The molecule has 7 nitrogen and oxygen atoms in total. The van der Waals surface area contributed by atoms with Gasteiger partial charge in [0.15, 0.2) is 0 Å². The molecule has 0 fully saturated rings. The van der Waals surface area contributed by atoms with Gasteiger partial charge in [-0.2, -0.15) is 0 Å². The molecule has 1 aliphatic heterocycles. The molecule has 41 heavy (non-hydrogen) atoms. The number of ether oxygens (including phenoxy) is 1. The molecule has 4 atom stereocenters. The fourth-order valence-corrected chi connectivity index (χ4v) is 6.52. The smallest absolute Gasteiger partial charge is 0.314 e. The number of hydrogen-bond donors (Lipinski definition) is 1. The Balaban J connectivity index is 1.48. The van der Waals surface area contributed by atoms with E-state index < -0.39 is 23.4 Å². The molecule has 4 aromatic rings. The predicted molar refractivity (Wildman–Crippen MR) is 160 cm³/mol. The van der Waals surface area contributed by atoms with Gasteiger partial charge in [-0.15, -0.1) is 0 Å². The third kappa shape index (κ3) is 7.32. The molecule has 0 spiro atoms. The highest BCUT2D eigenvalue weighted by atomic mass is 32.2.